The number of morpholine rings is 1. The van der Waals surface area contributed by atoms with Gasteiger partial charge in [-0.1, -0.05) is 30.3 Å². The van der Waals surface area contributed by atoms with Crippen LogP contribution in [-0.2, 0) is 11.8 Å². The van der Waals surface area contributed by atoms with Gasteiger partial charge in [0.05, 0.1) is 13.2 Å². The van der Waals surface area contributed by atoms with Crippen molar-refractivity contribution in [3.63, 3.8) is 0 Å². The number of nitrogens with one attached hydrogen (secondary N) is 1. The lowest BCUT2D eigenvalue weighted by Crippen LogP contribution is -2.41. The molecule has 128 valence electrons. The zero-order chi connectivity index (χ0) is 16.9. The zero-order valence-electron chi connectivity index (χ0n) is 13.7. The van der Waals surface area contributed by atoms with Gasteiger partial charge >= 0.3 is 5.63 Å². The molecule has 0 radical (unpaired) electrons. The Labute approximate surface area is 139 Å². The first-order chi connectivity index (χ1) is 11.7. The summed E-state index contributed by atoms with van der Waals surface area (Å²) in [6.07, 6.45) is 0. The van der Waals surface area contributed by atoms with Crippen molar-refractivity contribution in [3.8, 4) is 11.3 Å². The Morgan fingerprint density at radius 3 is 2.62 bits per heavy atom. The van der Waals surface area contributed by atoms with Crippen molar-refractivity contribution >= 4 is 5.91 Å². The first-order valence-corrected chi connectivity index (χ1v) is 8.01. The van der Waals surface area contributed by atoms with Crippen LogP contribution in [0.4, 0.5) is 0 Å². The highest BCUT2D eigenvalue weighted by Gasteiger charge is 2.23. The summed E-state index contributed by atoms with van der Waals surface area (Å²) in [5, 5.41) is 2.82. The van der Waals surface area contributed by atoms with Crippen LogP contribution < -0.4 is 10.9 Å². The Kier molecular flexibility index (Phi) is 5.12. The fourth-order valence-corrected chi connectivity index (χ4v) is 2.83. The Hall–Kier alpha value is -2.38. The first-order valence-electron chi connectivity index (χ1n) is 8.01. The van der Waals surface area contributed by atoms with Crippen LogP contribution in [0.3, 0.4) is 0 Å². The summed E-state index contributed by atoms with van der Waals surface area (Å²) in [5.74, 6) is -0.406. The van der Waals surface area contributed by atoms with Crippen LogP contribution in [0.5, 0.6) is 0 Å². The zero-order valence-corrected chi connectivity index (χ0v) is 13.7. The van der Waals surface area contributed by atoms with E-state index in [1.807, 2.05) is 30.3 Å². The SMILES string of the molecule is Cn1oc(=O)c(C(=O)NCCN2CCOCC2)c1-c1ccccc1. The Balaban J connectivity index is 1.72. The van der Waals surface area contributed by atoms with Gasteiger partial charge in [-0.2, -0.15) is 0 Å². The second kappa shape index (κ2) is 7.46. The molecule has 0 atom stereocenters. The molecule has 1 N–H and O–H groups in total. The number of carbonyl (C=O) groups is 1. The molecule has 1 saturated heterocycles. The molecule has 0 unspecified atom stereocenters. The summed E-state index contributed by atoms with van der Waals surface area (Å²) in [6.45, 7) is 4.36. The quantitative estimate of drug-likeness (QED) is 0.873. The molecule has 7 heteroatoms. The van der Waals surface area contributed by atoms with Gasteiger partial charge in [0.1, 0.15) is 5.69 Å². The Bertz CT molecular complexity index is 745. The maximum Gasteiger partial charge on any atom is 0.370 e. The number of hydrogen-bond donors (Lipinski definition) is 1. The summed E-state index contributed by atoms with van der Waals surface area (Å²) >= 11 is 0. The van der Waals surface area contributed by atoms with Crippen molar-refractivity contribution in [1.82, 2.24) is 15.0 Å². The molecule has 1 aliphatic rings. The maximum atomic E-state index is 12.5. The van der Waals surface area contributed by atoms with Crippen LogP contribution >= 0.6 is 0 Å². The van der Waals surface area contributed by atoms with Gasteiger partial charge in [0.15, 0.2) is 5.56 Å². The maximum absolute atomic E-state index is 12.5. The number of rotatable bonds is 5. The molecule has 1 amide bonds. The number of hydrogen-bond acceptors (Lipinski definition) is 5. The average Bonchev–Trinajstić information content (AvgIpc) is 2.90. The van der Waals surface area contributed by atoms with E-state index in [-0.39, 0.29) is 5.56 Å². The van der Waals surface area contributed by atoms with Gasteiger partial charge < -0.3 is 14.6 Å². The fraction of sp³-hybridized carbons (Fsp3) is 0.412. The van der Waals surface area contributed by atoms with Crippen LogP contribution in [0.25, 0.3) is 11.3 Å². The summed E-state index contributed by atoms with van der Waals surface area (Å²) in [5.41, 5.74) is 0.680. The Morgan fingerprint density at radius 2 is 1.92 bits per heavy atom. The minimum absolute atomic E-state index is 0.0469. The molecule has 1 fully saturated rings. The number of carbonyl (C=O) groups excluding carboxylic acids is 1. The van der Waals surface area contributed by atoms with E-state index in [2.05, 4.69) is 10.2 Å². The molecule has 2 aromatic rings. The molecule has 0 aliphatic carbocycles. The molecule has 1 aromatic heterocycles. The van der Waals surface area contributed by atoms with Crippen molar-refractivity contribution in [3.05, 3.63) is 46.3 Å². The molecule has 1 aromatic carbocycles. The second-order valence-corrected chi connectivity index (χ2v) is 5.68. The van der Waals surface area contributed by atoms with Gasteiger partial charge in [-0.15, -0.1) is 0 Å². The lowest BCUT2D eigenvalue weighted by molar-refractivity contribution is 0.0383. The molecule has 0 saturated carbocycles. The van der Waals surface area contributed by atoms with Gasteiger partial charge in [0.25, 0.3) is 5.91 Å². The van der Waals surface area contributed by atoms with Crippen LogP contribution in [0, 0.1) is 0 Å². The van der Waals surface area contributed by atoms with Crippen molar-refractivity contribution in [2.75, 3.05) is 39.4 Å². The van der Waals surface area contributed by atoms with E-state index in [0.717, 1.165) is 25.2 Å². The number of aryl methyl sites for hydroxylation is 1. The van der Waals surface area contributed by atoms with E-state index in [4.69, 9.17) is 9.26 Å². The monoisotopic (exact) mass is 331 g/mol. The average molecular weight is 331 g/mol. The van der Waals surface area contributed by atoms with Gasteiger partial charge in [0.2, 0.25) is 0 Å². The molecule has 0 bridgehead atoms. The third-order valence-corrected chi connectivity index (χ3v) is 4.07. The summed E-state index contributed by atoms with van der Waals surface area (Å²) < 4.78 is 11.7. The highest BCUT2D eigenvalue weighted by molar-refractivity contribution is 5.99. The molecule has 3 rings (SSSR count). The van der Waals surface area contributed by atoms with Gasteiger partial charge in [-0.05, 0) is 0 Å². The van der Waals surface area contributed by atoms with E-state index >= 15 is 0 Å². The van der Waals surface area contributed by atoms with E-state index in [1.54, 1.807) is 7.05 Å². The van der Waals surface area contributed by atoms with Gasteiger partial charge in [0, 0.05) is 38.8 Å². The normalized spacial score (nSPS) is 15.4. The van der Waals surface area contributed by atoms with Crippen LogP contribution in [0.15, 0.2) is 39.6 Å². The van der Waals surface area contributed by atoms with E-state index in [9.17, 15) is 9.59 Å². The molecular formula is C17H21N3O4. The molecule has 0 spiro atoms. The molecular weight excluding hydrogens is 310 g/mol. The predicted octanol–water partition coefficient (Wildman–Crippen LogP) is 0.707. The van der Waals surface area contributed by atoms with E-state index in [0.29, 0.717) is 25.5 Å². The summed E-state index contributed by atoms with van der Waals surface area (Å²) in [4.78, 5) is 26.8. The number of nitrogens with zero attached hydrogens (tertiary/aromatic N) is 2. The van der Waals surface area contributed by atoms with Crippen molar-refractivity contribution < 1.29 is 14.1 Å². The van der Waals surface area contributed by atoms with Crippen molar-refractivity contribution in [1.29, 1.82) is 0 Å². The Morgan fingerprint density at radius 1 is 1.21 bits per heavy atom. The fourth-order valence-electron chi connectivity index (χ4n) is 2.83. The van der Waals surface area contributed by atoms with Crippen molar-refractivity contribution in [2.45, 2.75) is 0 Å². The lowest BCUT2D eigenvalue weighted by atomic mass is 10.1. The number of benzene rings is 1. The molecule has 1 aliphatic heterocycles. The van der Waals surface area contributed by atoms with Crippen LogP contribution in [0.2, 0.25) is 0 Å². The number of ether oxygens (including phenoxy) is 1. The third kappa shape index (κ3) is 3.58. The lowest BCUT2D eigenvalue weighted by Gasteiger charge is -2.26. The van der Waals surface area contributed by atoms with Crippen molar-refractivity contribution in [2.24, 2.45) is 7.05 Å². The van der Waals surface area contributed by atoms with Crippen LogP contribution in [0.1, 0.15) is 10.4 Å². The minimum atomic E-state index is -0.625. The highest BCUT2D eigenvalue weighted by atomic mass is 16.5. The molecule has 24 heavy (non-hydrogen) atoms. The van der Waals surface area contributed by atoms with Gasteiger partial charge in [-0.25, -0.2) is 9.53 Å². The topological polar surface area (TPSA) is 76.7 Å². The third-order valence-electron chi connectivity index (χ3n) is 4.07. The van der Waals surface area contributed by atoms with Gasteiger partial charge in [-0.3, -0.25) is 9.69 Å². The van der Waals surface area contributed by atoms with E-state index < -0.39 is 11.5 Å². The number of aromatic nitrogens is 1. The highest BCUT2D eigenvalue weighted by Crippen LogP contribution is 2.21. The van der Waals surface area contributed by atoms with Crippen LogP contribution in [-0.4, -0.2) is 54.9 Å². The second-order valence-electron chi connectivity index (χ2n) is 5.68. The predicted molar refractivity (Wildman–Crippen MR) is 89.0 cm³/mol. The standard InChI is InChI=1S/C17H21N3O4/c1-19-15(13-5-3-2-4-6-13)14(17(22)24-19)16(21)18-7-8-20-9-11-23-12-10-20/h2-6H,7-12H2,1H3,(H,18,21). The summed E-state index contributed by atoms with van der Waals surface area (Å²) in [7, 11) is 1.62. The first kappa shape index (κ1) is 16.5. The molecule has 7 nitrogen and oxygen atoms in total. The smallest absolute Gasteiger partial charge is 0.370 e. The number of amides is 1. The largest absolute Gasteiger partial charge is 0.379 e. The molecule has 2 heterocycles. The summed E-state index contributed by atoms with van der Waals surface area (Å²) in [6, 6.07) is 9.27. The van der Waals surface area contributed by atoms with E-state index in [1.165, 1.54) is 4.74 Å². The minimum Gasteiger partial charge on any atom is -0.379 e.